The molecule has 0 N–H and O–H groups in total. The molecule has 7 nitrogen and oxygen atoms in total. The van der Waals surface area contributed by atoms with Crippen molar-refractivity contribution in [3.8, 4) is 5.75 Å². The molecule has 2 aliphatic heterocycles. The number of amides is 2. The van der Waals surface area contributed by atoms with Crippen LogP contribution in [0.4, 0.5) is 0 Å². The van der Waals surface area contributed by atoms with E-state index in [2.05, 4.69) is 18.1 Å². The molecule has 3 aliphatic rings. The Morgan fingerprint density at radius 3 is 2.35 bits per heavy atom. The van der Waals surface area contributed by atoms with Crippen LogP contribution in [-0.2, 0) is 4.74 Å². The van der Waals surface area contributed by atoms with Crippen molar-refractivity contribution in [2.75, 3.05) is 6.61 Å². The zero-order valence-electron chi connectivity index (χ0n) is 19.4. The highest BCUT2D eigenvalue weighted by atomic mass is 16.5. The molecule has 2 amide bonds. The summed E-state index contributed by atoms with van der Waals surface area (Å²) in [5.41, 5.74) is 3.20. The normalized spacial score (nSPS) is 25.1. The number of hydrogen-bond donors (Lipinski definition) is 0. The fourth-order valence-corrected chi connectivity index (χ4v) is 5.65. The summed E-state index contributed by atoms with van der Waals surface area (Å²) in [6, 6.07) is 11.1. The van der Waals surface area contributed by atoms with Gasteiger partial charge in [-0.05, 0) is 76.1 Å². The Morgan fingerprint density at radius 1 is 0.941 bits per heavy atom. The van der Waals surface area contributed by atoms with Crippen molar-refractivity contribution < 1.29 is 19.1 Å². The van der Waals surface area contributed by atoms with Crippen LogP contribution >= 0.6 is 0 Å². The molecule has 1 aliphatic carbocycles. The van der Waals surface area contributed by atoms with Gasteiger partial charge in [-0.15, -0.1) is 0 Å². The van der Waals surface area contributed by atoms with E-state index in [0.29, 0.717) is 11.1 Å². The molecule has 3 aromatic rings. The summed E-state index contributed by atoms with van der Waals surface area (Å²) in [5.74, 6) is 0.552. The van der Waals surface area contributed by atoms with Crippen LogP contribution in [0.2, 0.25) is 0 Å². The van der Waals surface area contributed by atoms with Gasteiger partial charge in [0.25, 0.3) is 11.8 Å². The van der Waals surface area contributed by atoms with Crippen molar-refractivity contribution in [3.63, 3.8) is 0 Å². The molecule has 1 aromatic heterocycles. The van der Waals surface area contributed by atoms with E-state index in [-0.39, 0.29) is 30.2 Å². The lowest BCUT2D eigenvalue weighted by atomic mass is 9.91. The Balaban J connectivity index is 1.13. The number of rotatable bonds is 4. The molecule has 0 bridgehead atoms. The number of carbonyl (C=O) groups excluding carboxylic acids is 2. The molecule has 2 fully saturated rings. The zero-order valence-corrected chi connectivity index (χ0v) is 19.4. The average molecular weight is 460 g/mol. The molecule has 0 radical (unpaired) electrons. The number of aryl methyl sites for hydroxylation is 1. The Labute approximate surface area is 198 Å². The van der Waals surface area contributed by atoms with E-state index in [1.807, 2.05) is 29.1 Å². The number of fused-ring (bicyclic) bond motifs is 2. The highest BCUT2D eigenvalue weighted by Gasteiger charge is 2.41. The molecule has 1 saturated heterocycles. The third-order valence-electron chi connectivity index (χ3n) is 7.56. The third-order valence-corrected chi connectivity index (χ3v) is 7.56. The molecule has 2 aromatic carbocycles. The first-order valence-electron chi connectivity index (χ1n) is 12.3. The van der Waals surface area contributed by atoms with Gasteiger partial charge in [-0.3, -0.25) is 14.5 Å². The van der Waals surface area contributed by atoms with Gasteiger partial charge in [0.15, 0.2) is 6.23 Å². The Kier molecular flexibility index (Phi) is 5.37. The zero-order chi connectivity index (χ0) is 23.2. The molecule has 7 heteroatoms. The number of hydrogen-bond acceptors (Lipinski definition) is 5. The molecule has 6 rings (SSSR count). The van der Waals surface area contributed by atoms with Crippen LogP contribution in [0.3, 0.4) is 0 Å². The molecule has 34 heavy (non-hydrogen) atoms. The lowest BCUT2D eigenvalue weighted by Crippen LogP contribution is -2.43. The lowest BCUT2D eigenvalue weighted by Gasteiger charge is -2.33. The Morgan fingerprint density at radius 2 is 1.68 bits per heavy atom. The van der Waals surface area contributed by atoms with Crippen LogP contribution in [0.25, 0.3) is 10.9 Å². The summed E-state index contributed by atoms with van der Waals surface area (Å²) >= 11 is 0. The van der Waals surface area contributed by atoms with E-state index < -0.39 is 0 Å². The van der Waals surface area contributed by atoms with Gasteiger partial charge in [-0.25, -0.2) is 4.68 Å². The Bertz CT molecular complexity index is 1220. The Hall–Kier alpha value is -3.19. The number of aromatic nitrogens is 2. The summed E-state index contributed by atoms with van der Waals surface area (Å²) in [7, 11) is 0. The summed E-state index contributed by atoms with van der Waals surface area (Å²) in [4.78, 5) is 27.1. The second-order valence-corrected chi connectivity index (χ2v) is 9.61. The van der Waals surface area contributed by atoms with Gasteiger partial charge in [-0.1, -0.05) is 12.1 Å². The van der Waals surface area contributed by atoms with Gasteiger partial charge in [0.05, 0.1) is 28.9 Å². The van der Waals surface area contributed by atoms with E-state index in [0.717, 1.165) is 73.8 Å². The largest absolute Gasteiger partial charge is 0.490 e. The maximum atomic E-state index is 12.8. The first-order valence-corrected chi connectivity index (χ1v) is 12.3. The lowest BCUT2D eigenvalue weighted by molar-refractivity contribution is -0.0366. The van der Waals surface area contributed by atoms with Crippen molar-refractivity contribution in [2.24, 2.45) is 0 Å². The number of nitrogens with zero attached hydrogens (tertiary/aromatic N) is 3. The van der Waals surface area contributed by atoms with Gasteiger partial charge < -0.3 is 9.47 Å². The highest BCUT2D eigenvalue weighted by molar-refractivity contribution is 6.21. The second-order valence-electron chi connectivity index (χ2n) is 9.61. The summed E-state index contributed by atoms with van der Waals surface area (Å²) in [6.45, 7) is 2.87. The monoisotopic (exact) mass is 459 g/mol. The van der Waals surface area contributed by atoms with E-state index in [1.54, 1.807) is 12.1 Å². The molecule has 3 heterocycles. The standard InChI is InChI=1S/C27H29N3O4/c1-17-22-16-28-30(25-8-4-5-15-33-25)23(22)13-14-24(17)34-19-11-9-18(10-12-19)29-26(31)20-6-2-3-7-21(20)27(29)32/h2-3,6-7,13-14,16,18-19,25H,4-5,8-12,15H2,1H3/t18-,19+,25?. The highest BCUT2D eigenvalue weighted by Crippen LogP contribution is 2.35. The fraction of sp³-hybridized carbons (Fsp3) is 0.444. The first-order chi connectivity index (χ1) is 16.6. The summed E-state index contributed by atoms with van der Waals surface area (Å²) in [6.07, 6.45) is 8.39. The van der Waals surface area contributed by atoms with Gasteiger partial charge in [0.1, 0.15) is 5.75 Å². The molecule has 176 valence electrons. The predicted octanol–water partition coefficient (Wildman–Crippen LogP) is 5.03. The summed E-state index contributed by atoms with van der Waals surface area (Å²) in [5, 5.41) is 5.71. The molecule has 1 atom stereocenters. The maximum absolute atomic E-state index is 12.8. The minimum absolute atomic E-state index is 0.00911. The van der Waals surface area contributed by atoms with Crippen molar-refractivity contribution in [2.45, 2.75) is 70.2 Å². The topological polar surface area (TPSA) is 73.7 Å². The van der Waals surface area contributed by atoms with Crippen molar-refractivity contribution in [1.82, 2.24) is 14.7 Å². The van der Waals surface area contributed by atoms with E-state index in [1.165, 1.54) is 4.90 Å². The molecule has 0 spiro atoms. The minimum Gasteiger partial charge on any atom is -0.490 e. The first kappa shape index (κ1) is 21.4. The van der Waals surface area contributed by atoms with Crippen molar-refractivity contribution >= 4 is 22.7 Å². The average Bonchev–Trinajstić information content (AvgIpc) is 3.42. The van der Waals surface area contributed by atoms with Crippen molar-refractivity contribution in [3.05, 3.63) is 59.3 Å². The third kappa shape index (κ3) is 3.50. The van der Waals surface area contributed by atoms with Crippen LogP contribution in [-0.4, -0.2) is 45.2 Å². The van der Waals surface area contributed by atoms with Crippen LogP contribution in [0.1, 0.15) is 77.5 Å². The maximum Gasteiger partial charge on any atom is 0.261 e. The van der Waals surface area contributed by atoms with Crippen molar-refractivity contribution in [1.29, 1.82) is 0 Å². The van der Waals surface area contributed by atoms with Gasteiger partial charge >= 0.3 is 0 Å². The fourth-order valence-electron chi connectivity index (χ4n) is 5.65. The smallest absolute Gasteiger partial charge is 0.261 e. The van der Waals surface area contributed by atoms with Crippen LogP contribution in [0, 0.1) is 6.92 Å². The second kappa shape index (κ2) is 8.55. The predicted molar refractivity (Wildman–Crippen MR) is 127 cm³/mol. The molecule has 1 saturated carbocycles. The van der Waals surface area contributed by atoms with E-state index in [4.69, 9.17) is 9.47 Å². The summed E-state index contributed by atoms with van der Waals surface area (Å²) < 4.78 is 14.3. The molecular formula is C27H29N3O4. The van der Waals surface area contributed by atoms with Gasteiger partial charge in [-0.2, -0.15) is 5.10 Å². The van der Waals surface area contributed by atoms with Crippen LogP contribution in [0.15, 0.2) is 42.6 Å². The number of ether oxygens (including phenoxy) is 2. The van der Waals surface area contributed by atoms with E-state index >= 15 is 0 Å². The number of imide groups is 1. The quantitative estimate of drug-likeness (QED) is 0.512. The van der Waals surface area contributed by atoms with Gasteiger partial charge in [0.2, 0.25) is 0 Å². The number of carbonyl (C=O) groups is 2. The molecular weight excluding hydrogens is 430 g/mol. The molecule has 1 unspecified atom stereocenters. The van der Waals surface area contributed by atoms with E-state index in [9.17, 15) is 9.59 Å². The SMILES string of the molecule is Cc1c(O[C@H]2CC[C@@H](N3C(=O)c4ccccc4C3=O)CC2)ccc2c1cnn2C1CCCCO1. The number of benzene rings is 2. The van der Waals surface area contributed by atoms with Gasteiger partial charge in [0, 0.05) is 23.6 Å². The van der Waals surface area contributed by atoms with Crippen LogP contribution in [0.5, 0.6) is 5.75 Å². The van der Waals surface area contributed by atoms with Crippen LogP contribution < -0.4 is 4.74 Å². The minimum atomic E-state index is -0.162.